The Morgan fingerprint density at radius 3 is 2.72 bits per heavy atom. The number of hydrogen-bond donors (Lipinski definition) is 1. The molecule has 1 saturated carbocycles. The number of fused-ring (bicyclic) bond motifs is 1. The zero-order chi connectivity index (χ0) is 17.7. The Kier molecular flexibility index (Phi) is 3.60. The highest BCUT2D eigenvalue weighted by molar-refractivity contribution is 6.13. The summed E-state index contributed by atoms with van der Waals surface area (Å²) in [4.78, 5) is 17.8. The molecule has 2 aromatic heterocycles. The first-order chi connectivity index (χ1) is 12.0. The molecule has 1 aliphatic carbocycles. The maximum Gasteiger partial charge on any atom is 0.256 e. The average molecular weight is 334 g/mol. The molecule has 0 atom stereocenters. The Bertz CT molecular complexity index is 999. The molecule has 0 saturated heterocycles. The molecule has 0 unspecified atom stereocenters. The summed E-state index contributed by atoms with van der Waals surface area (Å²) < 4.78 is 1.77. The van der Waals surface area contributed by atoms with Crippen LogP contribution in [0.15, 0.2) is 24.3 Å². The Hall–Kier alpha value is -2.69. The minimum absolute atomic E-state index is 0.0981. The van der Waals surface area contributed by atoms with Crippen molar-refractivity contribution in [2.45, 2.75) is 39.5 Å². The van der Waals surface area contributed by atoms with Gasteiger partial charge in [0, 0.05) is 24.3 Å². The van der Waals surface area contributed by atoms with E-state index in [-0.39, 0.29) is 5.91 Å². The van der Waals surface area contributed by atoms with Gasteiger partial charge in [0.05, 0.1) is 16.6 Å². The molecule has 0 bridgehead atoms. The number of nitrogens with zero attached hydrogens (tertiary/aromatic N) is 3. The van der Waals surface area contributed by atoms with Crippen LogP contribution < -0.4 is 5.32 Å². The summed E-state index contributed by atoms with van der Waals surface area (Å²) in [7, 11) is 1.88. The molecule has 1 amide bonds. The van der Waals surface area contributed by atoms with Crippen molar-refractivity contribution in [2.75, 3.05) is 5.32 Å². The van der Waals surface area contributed by atoms with Crippen LogP contribution in [0.5, 0.6) is 0 Å². The van der Waals surface area contributed by atoms with Crippen LogP contribution in [0.2, 0.25) is 0 Å². The van der Waals surface area contributed by atoms with Crippen LogP contribution in [-0.4, -0.2) is 20.7 Å². The number of aryl methyl sites for hydroxylation is 3. The Morgan fingerprint density at radius 1 is 1.24 bits per heavy atom. The van der Waals surface area contributed by atoms with Gasteiger partial charge in [0.25, 0.3) is 5.91 Å². The van der Waals surface area contributed by atoms with Crippen LogP contribution in [0.4, 0.5) is 5.69 Å². The molecule has 0 radical (unpaired) electrons. The molecule has 4 rings (SSSR count). The SMILES string of the molecule is Cc1cccc(NC(=O)c2cc(C3CC3)nc3c2c(C)nn3C)c1C. The van der Waals surface area contributed by atoms with E-state index in [1.165, 1.54) is 0 Å². The van der Waals surface area contributed by atoms with Gasteiger partial charge in [-0.3, -0.25) is 9.48 Å². The van der Waals surface area contributed by atoms with Gasteiger partial charge in [0.1, 0.15) is 0 Å². The summed E-state index contributed by atoms with van der Waals surface area (Å²) >= 11 is 0. The van der Waals surface area contributed by atoms with Crippen molar-refractivity contribution < 1.29 is 4.79 Å². The molecule has 0 aliphatic heterocycles. The van der Waals surface area contributed by atoms with Crippen LogP contribution in [0, 0.1) is 20.8 Å². The molecule has 3 aromatic rings. The van der Waals surface area contributed by atoms with Crippen molar-refractivity contribution in [3.8, 4) is 0 Å². The largest absolute Gasteiger partial charge is 0.322 e. The molecule has 1 aromatic carbocycles. The number of pyridine rings is 1. The van der Waals surface area contributed by atoms with E-state index in [2.05, 4.69) is 10.4 Å². The lowest BCUT2D eigenvalue weighted by molar-refractivity contribution is 0.102. The number of carbonyl (C=O) groups is 1. The summed E-state index contributed by atoms with van der Waals surface area (Å²) in [6, 6.07) is 7.91. The number of hydrogen-bond acceptors (Lipinski definition) is 3. The second kappa shape index (κ2) is 5.69. The lowest BCUT2D eigenvalue weighted by Gasteiger charge is -2.12. The molecule has 1 N–H and O–H groups in total. The first-order valence-corrected chi connectivity index (χ1v) is 8.67. The molecular weight excluding hydrogens is 312 g/mol. The second-order valence-corrected chi connectivity index (χ2v) is 6.98. The number of benzene rings is 1. The lowest BCUT2D eigenvalue weighted by Crippen LogP contribution is -2.14. The van der Waals surface area contributed by atoms with Gasteiger partial charge in [-0.05, 0) is 56.9 Å². The van der Waals surface area contributed by atoms with E-state index < -0.39 is 0 Å². The van der Waals surface area contributed by atoms with Crippen LogP contribution in [0.1, 0.15) is 51.6 Å². The fourth-order valence-electron chi connectivity index (χ4n) is 3.31. The van der Waals surface area contributed by atoms with Gasteiger partial charge >= 0.3 is 0 Å². The second-order valence-electron chi connectivity index (χ2n) is 6.98. The first kappa shape index (κ1) is 15.8. The van der Waals surface area contributed by atoms with E-state index in [4.69, 9.17) is 4.98 Å². The number of aromatic nitrogens is 3. The molecule has 2 heterocycles. The number of amides is 1. The quantitative estimate of drug-likeness (QED) is 0.787. The Morgan fingerprint density at radius 2 is 2.00 bits per heavy atom. The highest BCUT2D eigenvalue weighted by Gasteiger charge is 2.28. The van der Waals surface area contributed by atoms with Crippen LogP contribution in [0.3, 0.4) is 0 Å². The molecule has 25 heavy (non-hydrogen) atoms. The standard InChI is InChI=1S/C20H22N4O/c1-11-6-5-7-16(12(11)2)22-20(25)15-10-17(14-8-9-14)21-19-18(15)13(3)23-24(19)4/h5-7,10,14H,8-9H2,1-4H3,(H,22,25). The van der Waals surface area contributed by atoms with E-state index in [0.717, 1.165) is 52.1 Å². The summed E-state index contributed by atoms with van der Waals surface area (Å²) in [5.74, 6) is 0.381. The summed E-state index contributed by atoms with van der Waals surface area (Å²) in [6.07, 6.45) is 2.29. The molecule has 5 nitrogen and oxygen atoms in total. The predicted octanol–water partition coefficient (Wildman–Crippen LogP) is 4.02. The third-order valence-corrected chi connectivity index (χ3v) is 5.08. The van der Waals surface area contributed by atoms with Crippen molar-refractivity contribution >= 4 is 22.6 Å². The van der Waals surface area contributed by atoms with Gasteiger partial charge in [-0.1, -0.05) is 12.1 Å². The van der Waals surface area contributed by atoms with Gasteiger partial charge < -0.3 is 5.32 Å². The number of rotatable bonds is 3. The fraction of sp³-hybridized carbons (Fsp3) is 0.350. The molecule has 1 aliphatic rings. The monoisotopic (exact) mass is 334 g/mol. The third kappa shape index (κ3) is 2.69. The number of carbonyl (C=O) groups excluding carboxylic acids is 1. The summed E-state index contributed by atoms with van der Waals surface area (Å²) in [6.45, 7) is 6.00. The first-order valence-electron chi connectivity index (χ1n) is 8.67. The van der Waals surface area contributed by atoms with Crippen LogP contribution in [0.25, 0.3) is 11.0 Å². The van der Waals surface area contributed by atoms with E-state index in [0.29, 0.717) is 11.5 Å². The van der Waals surface area contributed by atoms with E-state index in [1.54, 1.807) is 4.68 Å². The minimum atomic E-state index is -0.0981. The normalized spacial score (nSPS) is 14.1. The summed E-state index contributed by atoms with van der Waals surface area (Å²) in [5, 5.41) is 8.39. The zero-order valence-corrected chi connectivity index (χ0v) is 15.1. The van der Waals surface area contributed by atoms with Crippen LogP contribution in [-0.2, 0) is 7.05 Å². The van der Waals surface area contributed by atoms with E-state index >= 15 is 0 Å². The maximum absolute atomic E-state index is 13.1. The van der Waals surface area contributed by atoms with Crippen molar-refractivity contribution in [3.63, 3.8) is 0 Å². The van der Waals surface area contributed by atoms with Crippen LogP contribution >= 0.6 is 0 Å². The number of anilines is 1. The molecular formula is C20H22N4O. The van der Waals surface area contributed by atoms with Crippen molar-refractivity contribution in [1.29, 1.82) is 0 Å². The molecule has 0 spiro atoms. The fourth-order valence-corrected chi connectivity index (χ4v) is 3.31. The van der Waals surface area contributed by atoms with Gasteiger partial charge in [-0.25, -0.2) is 4.98 Å². The van der Waals surface area contributed by atoms with Crippen molar-refractivity contribution in [2.24, 2.45) is 7.05 Å². The third-order valence-electron chi connectivity index (χ3n) is 5.08. The Labute approximate surface area is 147 Å². The minimum Gasteiger partial charge on any atom is -0.322 e. The predicted molar refractivity (Wildman–Crippen MR) is 99.1 cm³/mol. The molecule has 1 fully saturated rings. The zero-order valence-electron chi connectivity index (χ0n) is 15.1. The topological polar surface area (TPSA) is 59.8 Å². The van der Waals surface area contributed by atoms with Gasteiger partial charge in [-0.15, -0.1) is 0 Å². The highest BCUT2D eigenvalue weighted by Crippen LogP contribution is 2.40. The van der Waals surface area contributed by atoms with Crippen molar-refractivity contribution in [3.05, 3.63) is 52.3 Å². The average Bonchev–Trinajstić information content (AvgIpc) is 3.38. The van der Waals surface area contributed by atoms with E-state index in [1.807, 2.05) is 52.1 Å². The number of nitrogens with one attached hydrogen (secondary N) is 1. The maximum atomic E-state index is 13.1. The van der Waals surface area contributed by atoms with Gasteiger partial charge in [-0.2, -0.15) is 5.10 Å². The van der Waals surface area contributed by atoms with Gasteiger partial charge in [0.2, 0.25) is 0 Å². The van der Waals surface area contributed by atoms with Crippen molar-refractivity contribution in [1.82, 2.24) is 14.8 Å². The lowest BCUT2D eigenvalue weighted by atomic mass is 10.1. The molecule has 128 valence electrons. The summed E-state index contributed by atoms with van der Waals surface area (Å²) in [5.41, 5.74) is 6.39. The molecule has 5 heteroatoms. The smallest absolute Gasteiger partial charge is 0.256 e. The van der Waals surface area contributed by atoms with E-state index in [9.17, 15) is 4.79 Å². The van der Waals surface area contributed by atoms with Gasteiger partial charge in [0.15, 0.2) is 5.65 Å². The highest BCUT2D eigenvalue weighted by atomic mass is 16.1. The Balaban J connectivity index is 1.82.